The van der Waals surface area contributed by atoms with Crippen LogP contribution in [-0.2, 0) is 4.74 Å². The molecular formula is C12H25NO2. The second kappa shape index (κ2) is 5.83. The van der Waals surface area contributed by atoms with Gasteiger partial charge in [0.1, 0.15) is 0 Å². The average molecular weight is 215 g/mol. The van der Waals surface area contributed by atoms with Gasteiger partial charge in [0.05, 0.1) is 5.60 Å². The van der Waals surface area contributed by atoms with Crippen molar-refractivity contribution in [2.45, 2.75) is 51.2 Å². The highest BCUT2D eigenvalue weighted by Gasteiger charge is 2.26. The predicted molar refractivity (Wildman–Crippen MR) is 61.9 cm³/mol. The van der Waals surface area contributed by atoms with Crippen LogP contribution in [0.1, 0.15) is 39.5 Å². The summed E-state index contributed by atoms with van der Waals surface area (Å²) in [6.07, 6.45) is 4.63. The van der Waals surface area contributed by atoms with E-state index in [0.717, 1.165) is 13.0 Å². The lowest BCUT2D eigenvalue weighted by atomic mass is 10.0. The third-order valence-corrected chi connectivity index (χ3v) is 3.58. The minimum Gasteiger partial charge on any atom is -0.396 e. The average Bonchev–Trinajstić information content (AvgIpc) is 2.65. The molecule has 0 aromatic heterocycles. The van der Waals surface area contributed by atoms with E-state index in [-0.39, 0.29) is 5.60 Å². The molecule has 0 spiro atoms. The molecule has 3 heteroatoms. The maximum Gasteiger partial charge on any atom is 0.0634 e. The van der Waals surface area contributed by atoms with Crippen LogP contribution in [0.25, 0.3) is 0 Å². The summed E-state index contributed by atoms with van der Waals surface area (Å²) >= 11 is 0. The molecule has 0 saturated heterocycles. The Bertz CT molecular complexity index is 182. The first kappa shape index (κ1) is 12.9. The molecule has 15 heavy (non-hydrogen) atoms. The fraction of sp³-hybridized carbons (Fsp3) is 1.00. The lowest BCUT2D eigenvalue weighted by Gasteiger charge is -2.25. The highest BCUT2D eigenvalue weighted by atomic mass is 16.5. The first-order chi connectivity index (χ1) is 7.09. The Hall–Kier alpha value is -0.120. The van der Waals surface area contributed by atoms with Crippen LogP contribution in [0.3, 0.4) is 0 Å². The van der Waals surface area contributed by atoms with Crippen LogP contribution in [0.2, 0.25) is 0 Å². The molecular weight excluding hydrogens is 190 g/mol. The first-order valence-electron chi connectivity index (χ1n) is 5.98. The zero-order chi connectivity index (χ0) is 11.3. The minimum atomic E-state index is -0.0414. The van der Waals surface area contributed by atoms with Crippen LogP contribution in [0.4, 0.5) is 0 Å². The smallest absolute Gasteiger partial charge is 0.0634 e. The number of aliphatic hydroxyl groups excluding tert-OH is 1. The molecule has 0 aromatic rings. The zero-order valence-electron chi connectivity index (χ0n) is 10.3. The molecule has 0 aromatic carbocycles. The Morgan fingerprint density at radius 3 is 2.73 bits per heavy atom. The SMILES string of the molecule is COC(C)(C)CCNC1CCCC1CO. The van der Waals surface area contributed by atoms with Crippen molar-refractivity contribution in [3.05, 3.63) is 0 Å². The Kier molecular flexibility index (Phi) is 5.03. The van der Waals surface area contributed by atoms with Crippen molar-refractivity contribution < 1.29 is 9.84 Å². The second-order valence-corrected chi connectivity index (χ2v) is 5.15. The van der Waals surface area contributed by atoms with Crippen LogP contribution in [-0.4, -0.2) is 37.0 Å². The monoisotopic (exact) mass is 215 g/mol. The highest BCUT2D eigenvalue weighted by Crippen LogP contribution is 2.25. The third kappa shape index (κ3) is 4.09. The molecule has 0 aliphatic heterocycles. The van der Waals surface area contributed by atoms with Crippen molar-refractivity contribution in [1.29, 1.82) is 0 Å². The quantitative estimate of drug-likeness (QED) is 0.706. The molecule has 2 atom stereocenters. The molecule has 0 bridgehead atoms. The van der Waals surface area contributed by atoms with Gasteiger partial charge in [0.2, 0.25) is 0 Å². The topological polar surface area (TPSA) is 41.5 Å². The van der Waals surface area contributed by atoms with Gasteiger partial charge in [-0.3, -0.25) is 0 Å². The van der Waals surface area contributed by atoms with Gasteiger partial charge in [-0.2, -0.15) is 0 Å². The van der Waals surface area contributed by atoms with Gasteiger partial charge in [-0.05, 0) is 45.6 Å². The van der Waals surface area contributed by atoms with Crippen LogP contribution < -0.4 is 5.32 Å². The van der Waals surface area contributed by atoms with Gasteiger partial charge < -0.3 is 15.2 Å². The standard InChI is InChI=1S/C12H25NO2/c1-12(2,15-3)7-8-13-11-6-4-5-10(11)9-14/h10-11,13-14H,4-9H2,1-3H3. The summed E-state index contributed by atoms with van der Waals surface area (Å²) in [7, 11) is 1.76. The maximum absolute atomic E-state index is 9.18. The molecule has 0 amide bonds. The fourth-order valence-corrected chi connectivity index (χ4v) is 2.18. The summed E-state index contributed by atoms with van der Waals surface area (Å²) in [4.78, 5) is 0. The molecule has 0 radical (unpaired) electrons. The van der Waals surface area contributed by atoms with E-state index in [9.17, 15) is 5.11 Å². The van der Waals surface area contributed by atoms with Crippen molar-refractivity contribution in [2.24, 2.45) is 5.92 Å². The summed E-state index contributed by atoms with van der Waals surface area (Å²) in [5.41, 5.74) is -0.0414. The van der Waals surface area contributed by atoms with E-state index in [1.165, 1.54) is 19.3 Å². The molecule has 2 N–H and O–H groups in total. The van der Waals surface area contributed by atoms with Crippen LogP contribution in [0.5, 0.6) is 0 Å². The van der Waals surface area contributed by atoms with E-state index >= 15 is 0 Å². The van der Waals surface area contributed by atoms with Gasteiger partial charge in [-0.25, -0.2) is 0 Å². The Morgan fingerprint density at radius 2 is 2.13 bits per heavy atom. The van der Waals surface area contributed by atoms with Gasteiger partial charge in [0.25, 0.3) is 0 Å². The number of ether oxygens (including phenoxy) is 1. The zero-order valence-corrected chi connectivity index (χ0v) is 10.3. The molecule has 1 aliphatic carbocycles. The van der Waals surface area contributed by atoms with Gasteiger partial charge in [0.15, 0.2) is 0 Å². The van der Waals surface area contributed by atoms with E-state index in [4.69, 9.17) is 4.74 Å². The lowest BCUT2D eigenvalue weighted by molar-refractivity contribution is 0.0149. The maximum atomic E-state index is 9.18. The van der Waals surface area contributed by atoms with Crippen molar-refractivity contribution in [3.63, 3.8) is 0 Å². The van der Waals surface area contributed by atoms with E-state index in [0.29, 0.717) is 18.6 Å². The lowest BCUT2D eigenvalue weighted by Crippen LogP contribution is -2.37. The summed E-state index contributed by atoms with van der Waals surface area (Å²) < 4.78 is 5.37. The van der Waals surface area contributed by atoms with Crippen molar-refractivity contribution in [1.82, 2.24) is 5.32 Å². The highest BCUT2D eigenvalue weighted by molar-refractivity contribution is 4.83. The molecule has 1 rings (SSSR count). The van der Waals surface area contributed by atoms with Gasteiger partial charge in [-0.1, -0.05) is 6.42 Å². The van der Waals surface area contributed by atoms with Crippen molar-refractivity contribution in [2.75, 3.05) is 20.3 Å². The van der Waals surface area contributed by atoms with E-state index < -0.39 is 0 Å². The number of hydrogen-bond acceptors (Lipinski definition) is 3. The van der Waals surface area contributed by atoms with E-state index in [1.807, 2.05) is 0 Å². The molecule has 1 aliphatic rings. The fourth-order valence-electron chi connectivity index (χ4n) is 2.18. The first-order valence-corrected chi connectivity index (χ1v) is 5.98. The largest absolute Gasteiger partial charge is 0.396 e. The number of methoxy groups -OCH3 is 1. The van der Waals surface area contributed by atoms with Crippen LogP contribution >= 0.6 is 0 Å². The number of rotatable bonds is 6. The normalized spacial score (nSPS) is 27.2. The molecule has 90 valence electrons. The summed E-state index contributed by atoms with van der Waals surface area (Å²) in [5, 5.41) is 12.7. The van der Waals surface area contributed by atoms with Gasteiger partial charge in [0, 0.05) is 19.8 Å². The van der Waals surface area contributed by atoms with Gasteiger partial charge in [-0.15, -0.1) is 0 Å². The van der Waals surface area contributed by atoms with E-state index in [1.54, 1.807) is 7.11 Å². The van der Waals surface area contributed by atoms with Crippen LogP contribution in [0, 0.1) is 5.92 Å². The predicted octanol–water partition coefficient (Wildman–Crippen LogP) is 1.55. The van der Waals surface area contributed by atoms with Crippen molar-refractivity contribution >= 4 is 0 Å². The number of aliphatic hydroxyl groups is 1. The molecule has 1 saturated carbocycles. The summed E-state index contributed by atoms with van der Waals surface area (Å²) in [6.45, 7) is 5.51. The minimum absolute atomic E-state index is 0.0414. The molecule has 0 heterocycles. The van der Waals surface area contributed by atoms with Crippen LogP contribution in [0.15, 0.2) is 0 Å². The third-order valence-electron chi connectivity index (χ3n) is 3.58. The molecule has 2 unspecified atom stereocenters. The number of nitrogens with one attached hydrogen (secondary N) is 1. The van der Waals surface area contributed by atoms with E-state index in [2.05, 4.69) is 19.2 Å². The van der Waals surface area contributed by atoms with Crippen molar-refractivity contribution in [3.8, 4) is 0 Å². The molecule has 1 fully saturated rings. The Balaban J connectivity index is 2.19. The van der Waals surface area contributed by atoms with Gasteiger partial charge >= 0.3 is 0 Å². The number of hydrogen-bond donors (Lipinski definition) is 2. The molecule has 3 nitrogen and oxygen atoms in total. The summed E-state index contributed by atoms with van der Waals surface area (Å²) in [5.74, 6) is 0.468. The second-order valence-electron chi connectivity index (χ2n) is 5.15. The Morgan fingerprint density at radius 1 is 1.40 bits per heavy atom. The summed E-state index contributed by atoms with van der Waals surface area (Å²) in [6, 6.07) is 0.516. The Labute approximate surface area is 93.2 Å².